The summed E-state index contributed by atoms with van der Waals surface area (Å²) in [5.74, 6) is 0.469. The van der Waals surface area contributed by atoms with Gasteiger partial charge in [-0.2, -0.15) is 0 Å². The van der Waals surface area contributed by atoms with Crippen molar-refractivity contribution in [2.45, 2.75) is 19.8 Å². The summed E-state index contributed by atoms with van der Waals surface area (Å²) < 4.78 is 5.93. The molecule has 4 nitrogen and oxygen atoms in total. The quantitative estimate of drug-likeness (QED) is 0.646. The number of carbonyl (C=O) groups is 1. The minimum Gasteiger partial charge on any atom is -0.381 e. The highest BCUT2D eigenvalue weighted by Crippen LogP contribution is 2.10. The summed E-state index contributed by atoms with van der Waals surface area (Å²) in [6.07, 6.45) is 1.32. The van der Waals surface area contributed by atoms with Crippen LogP contribution in [0.5, 0.6) is 0 Å². The number of ether oxygens (including phenoxy) is 1. The van der Waals surface area contributed by atoms with E-state index in [2.05, 4.69) is 26.2 Å². The first-order valence-electron chi connectivity index (χ1n) is 5.22. The number of aromatic nitrogens is 1. The number of hydrogen-bond donors (Lipinski definition) is 1. The van der Waals surface area contributed by atoms with Crippen LogP contribution in [0.25, 0.3) is 0 Å². The monoisotopic (exact) mass is 286 g/mol. The topological polar surface area (TPSA) is 51.2 Å². The summed E-state index contributed by atoms with van der Waals surface area (Å²) in [6.45, 7) is 3.18. The molecule has 0 aliphatic rings. The number of anilines is 1. The molecular weight excluding hydrogens is 272 g/mol. The smallest absolute Gasteiger partial charge is 0.227 e. The Labute approximate surface area is 104 Å². The second-order valence-electron chi connectivity index (χ2n) is 3.26. The first kappa shape index (κ1) is 13.1. The van der Waals surface area contributed by atoms with Gasteiger partial charge in [-0.15, -0.1) is 0 Å². The molecule has 1 N–H and O–H groups in total. The zero-order valence-electron chi connectivity index (χ0n) is 9.20. The van der Waals surface area contributed by atoms with Gasteiger partial charge < -0.3 is 10.1 Å². The summed E-state index contributed by atoms with van der Waals surface area (Å²) in [5, 5.41) is 2.70. The molecule has 88 valence electrons. The number of nitrogens with zero attached hydrogens (tertiary/aromatic N) is 1. The number of pyridine rings is 1. The third-order valence-corrected chi connectivity index (χ3v) is 2.25. The summed E-state index contributed by atoms with van der Waals surface area (Å²) >= 11 is 3.24. The van der Waals surface area contributed by atoms with Crippen molar-refractivity contribution in [2.24, 2.45) is 0 Å². The standard InChI is InChI=1S/C11H15BrN2O2/c1-2-7-16-8-6-11(15)14-10-5-3-4-9(12)13-10/h3-5H,2,6-8H2,1H3,(H,13,14,15). The maximum Gasteiger partial charge on any atom is 0.227 e. The SMILES string of the molecule is CCCOCCC(=O)Nc1cccc(Br)n1. The maximum atomic E-state index is 11.4. The Bertz CT molecular complexity index is 345. The minimum atomic E-state index is -0.0818. The van der Waals surface area contributed by atoms with E-state index in [0.717, 1.165) is 6.42 Å². The van der Waals surface area contributed by atoms with Crippen LogP contribution in [0.1, 0.15) is 19.8 Å². The highest BCUT2D eigenvalue weighted by Gasteiger charge is 2.03. The van der Waals surface area contributed by atoms with Crippen molar-refractivity contribution in [2.75, 3.05) is 18.5 Å². The van der Waals surface area contributed by atoms with Gasteiger partial charge in [-0.25, -0.2) is 4.98 Å². The lowest BCUT2D eigenvalue weighted by Crippen LogP contribution is -2.15. The molecule has 0 bridgehead atoms. The number of amides is 1. The van der Waals surface area contributed by atoms with Crippen molar-refractivity contribution in [1.29, 1.82) is 0 Å². The Morgan fingerprint density at radius 2 is 2.31 bits per heavy atom. The lowest BCUT2D eigenvalue weighted by atomic mass is 10.4. The van der Waals surface area contributed by atoms with Crippen molar-refractivity contribution in [3.8, 4) is 0 Å². The van der Waals surface area contributed by atoms with E-state index < -0.39 is 0 Å². The molecule has 5 heteroatoms. The zero-order valence-corrected chi connectivity index (χ0v) is 10.8. The molecule has 0 aliphatic carbocycles. The second kappa shape index (κ2) is 7.35. The lowest BCUT2D eigenvalue weighted by Gasteiger charge is -2.05. The van der Waals surface area contributed by atoms with Crippen LogP contribution in [0.15, 0.2) is 22.8 Å². The van der Waals surface area contributed by atoms with Crippen molar-refractivity contribution in [1.82, 2.24) is 4.98 Å². The van der Waals surface area contributed by atoms with Crippen LogP contribution in [-0.4, -0.2) is 24.1 Å². The Morgan fingerprint density at radius 3 is 3.00 bits per heavy atom. The van der Waals surface area contributed by atoms with E-state index in [0.29, 0.717) is 30.1 Å². The highest BCUT2D eigenvalue weighted by molar-refractivity contribution is 9.10. The molecule has 1 rings (SSSR count). The molecule has 0 unspecified atom stereocenters. The molecule has 0 saturated carbocycles. The molecule has 1 heterocycles. The molecule has 1 aromatic heterocycles. The lowest BCUT2D eigenvalue weighted by molar-refractivity contribution is -0.117. The van der Waals surface area contributed by atoms with Gasteiger partial charge in [-0.05, 0) is 34.5 Å². The van der Waals surface area contributed by atoms with Gasteiger partial charge in [0.1, 0.15) is 10.4 Å². The molecule has 0 aromatic carbocycles. The summed E-state index contributed by atoms with van der Waals surface area (Å²) in [4.78, 5) is 15.5. The second-order valence-corrected chi connectivity index (χ2v) is 4.07. The number of hydrogen-bond acceptors (Lipinski definition) is 3. The molecule has 1 aromatic rings. The van der Waals surface area contributed by atoms with E-state index >= 15 is 0 Å². The molecule has 0 saturated heterocycles. The first-order valence-corrected chi connectivity index (χ1v) is 6.02. The minimum absolute atomic E-state index is 0.0818. The van der Waals surface area contributed by atoms with Gasteiger partial charge in [0.05, 0.1) is 13.0 Å². The van der Waals surface area contributed by atoms with E-state index in [1.54, 1.807) is 12.1 Å². The van der Waals surface area contributed by atoms with E-state index in [1.165, 1.54) is 0 Å². The van der Waals surface area contributed by atoms with Crippen LogP contribution in [0.4, 0.5) is 5.82 Å². The third kappa shape index (κ3) is 5.23. The fourth-order valence-corrected chi connectivity index (χ4v) is 1.44. The molecule has 0 radical (unpaired) electrons. The number of halogens is 1. The van der Waals surface area contributed by atoms with Gasteiger partial charge in [0.25, 0.3) is 0 Å². The van der Waals surface area contributed by atoms with E-state index in [1.807, 2.05) is 13.0 Å². The fourth-order valence-electron chi connectivity index (χ4n) is 1.09. The van der Waals surface area contributed by atoms with Crippen LogP contribution in [0.3, 0.4) is 0 Å². The van der Waals surface area contributed by atoms with Gasteiger partial charge in [-0.1, -0.05) is 13.0 Å². The summed E-state index contributed by atoms with van der Waals surface area (Å²) in [6, 6.07) is 5.37. The number of carbonyl (C=O) groups excluding carboxylic acids is 1. The van der Waals surface area contributed by atoms with Crippen molar-refractivity contribution >= 4 is 27.7 Å². The maximum absolute atomic E-state index is 11.4. The predicted molar refractivity (Wildman–Crippen MR) is 66.3 cm³/mol. The average molecular weight is 287 g/mol. The Kier molecular flexibility index (Phi) is 6.03. The fraction of sp³-hybridized carbons (Fsp3) is 0.455. The van der Waals surface area contributed by atoms with Gasteiger partial charge in [0, 0.05) is 6.61 Å². The van der Waals surface area contributed by atoms with Gasteiger partial charge in [-0.3, -0.25) is 4.79 Å². The third-order valence-electron chi connectivity index (χ3n) is 1.80. The summed E-state index contributed by atoms with van der Waals surface area (Å²) in [5.41, 5.74) is 0. The molecular formula is C11H15BrN2O2. The predicted octanol–water partition coefficient (Wildman–Crippen LogP) is 2.60. The number of rotatable bonds is 6. The van der Waals surface area contributed by atoms with Gasteiger partial charge >= 0.3 is 0 Å². The Hall–Kier alpha value is -0.940. The van der Waals surface area contributed by atoms with Crippen LogP contribution in [0, 0.1) is 0 Å². The van der Waals surface area contributed by atoms with Gasteiger partial charge in [0.15, 0.2) is 0 Å². The average Bonchev–Trinajstić information content (AvgIpc) is 2.24. The molecule has 0 fully saturated rings. The molecule has 0 atom stereocenters. The Morgan fingerprint density at radius 1 is 1.50 bits per heavy atom. The van der Waals surface area contributed by atoms with Crippen molar-refractivity contribution in [3.05, 3.63) is 22.8 Å². The van der Waals surface area contributed by atoms with Crippen molar-refractivity contribution < 1.29 is 9.53 Å². The number of nitrogens with one attached hydrogen (secondary N) is 1. The Balaban J connectivity index is 2.29. The first-order chi connectivity index (χ1) is 7.72. The van der Waals surface area contributed by atoms with Crippen LogP contribution in [-0.2, 0) is 9.53 Å². The molecule has 1 amide bonds. The van der Waals surface area contributed by atoms with Crippen LogP contribution < -0.4 is 5.32 Å². The van der Waals surface area contributed by atoms with E-state index in [9.17, 15) is 4.79 Å². The van der Waals surface area contributed by atoms with E-state index in [-0.39, 0.29) is 5.91 Å². The highest BCUT2D eigenvalue weighted by atomic mass is 79.9. The van der Waals surface area contributed by atoms with Crippen LogP contribution in [0.2, 0.25) is 0 Å². The van der Waals surface area contributed by atoms with Gasteiger partial charge in [0.2, 0.25) is 5.91 Å². The van der Waals surface area contributed by atoms with Crippen molar-refractivity contribution in [3.63, 3.8) is 0 Å². The molecule has 16 heavy (non-hydrogen) atoms. The van der Waals surface area contributed by atoms with E-state index in [4.69, 9.17) is 4.74 Å². The molecule has 0 spiro atoms. The van der Waals surface area contributed by atoms with Crippen LogP contribution >= 0.6 is 15.9 Å². The summed E-state index contributed by atoms with van der Waals surface area (Å²) in [7, 11) is 0. The zero-order chi connectivity index (χ0) is 11.8. The largest absolute Gasteiger partial charge is 0.381 e. The normalized spacial score (nSPS) is 10.1. The molecule has 0 aliphatic heterocycles.